The van der Waals surface area contributed by atoms with Crippen molar-refractivity contribution in [3.63, 3.8) is 0 Å². The molecule has 27 heavy (non-hydrogen) atoms. The summed E-state index contributed by atoms with van der Waals surface area (Å²) in [6.07, 6.45) is 2.52. The van der Waals surface area contributed by atoms with Crippen molar-refractivity contribution >= 4 is 28.7 Å². The Kier molecular flexibility index (Phi) is 6.26. The summed E-state index contributed by atoms with van der Waals surface area (Å²) in [5, 5.41) is 5.87. The molecule has 0 bridgehead atoms. The number of hydrogen-bond acceptors (Lipinski definition) is 2. The minimum Gasteiger partial charge on any atom is -0.371 e. The average Bonchev–Trinajstić information content (AvgIpc) is 2.65. The Hall–Kier alpha value is -2.21. The normalized spacial score (nSPS) is 18.1. The van der Waals surface area contributed by atoms with Crippen molar-refractivity contribution in [1.82, 2.24) is 5.32 Å². The summed E-state index contributed by atoms with van der Waals surface area (Å²) >= 11 is 5.21. The van der Waals surface area contributed by atoms with Gasteiger partial charge in [-0.15, -0.1) is 0 Å². The number of rotatable bonds is 4. The van der Waals surface area contributed by atoms with Crippen molar-refractivity contribution in [3.8, 4) is 0 Å². The number of benzene rings is 2. The molecule has 0 aromatic heterocycles. The van der Waals surface area contributed by atoms with Gasteiger partial charge in [0.2, 0.25) is 0 Å². The first-order valence-electron chi connectivity index (χ1n) is 9.30. The third-order valence-electron chi connectivity index (χ3n) is 4.96. The van der Waals surface area contributed by atoms with Crippen LogP contribution in [-0.4, -0.2) is 18.2 Å². The average molecular weight is 390 g/mol. The minimum absolute atomic E-state index is 0.0887. The van der Waals surface area contributed by atoms with E-state index < -0.39 is 11.6 Å². The first-order chi connectivity index (χ1) is 12.9. The fourth-order valence-corrected chi connectivity index (χ4v) is 3.72. The third-order valence-corrected chi connectivity index (χ3v) is 5.18. The number of thiocarbonyl (C=S) groups is 1. The standard InChI is InChI=1S/C21H25F2N3S/c1-14-5-4-12-26(13-14)17-10-8-16(9-11-17)15(2)24-21(27)25-20-18(22)6-3-7-19(20)23/h3,6-11,14-15H,4-5,12-13H2,1-2H3,(H2,24,25,27)/t14-,15+/m0/s1. The highest BCUT2D eigenvalue weighted by atomic mass is 32.1. The maximum absolute atomic E-state index is 13.7. The number of para-hydroxylation sites is 1. The summed E-state index contributed by atoms with van der Waals surface area (Å²) in [6, 6.07) is 12.0. The number of piperidine rings is 1. The van der Waals surface area contributed by atoms with Crippen LogP contribution in [0.1, 0.15) is 38.3 Å². The van der Waals surface area contributed by atoms with Crippen molar-refractivity contribution in [2.45, 2.75) is 32.7 Å². The highest BCUT2D eigenvalue weighted by Gasteiger charge is 2.17. The molecule has 0 spiro atoms. The fraction of sp³-hybridized carbons (Fsp3) is 0.381. The van der Waals surface area contributed by atoms with Gasteiger partial charge in [-0.05, 0) is 67.7 Å². The number of anilines is 2. The van der Waals surface area contributed by atoms with E-state index in [1.165, 1.54) is 36.7 Å². The van der Waals surface area contributed by atoms with Crippen LogP contribution in [0.25, 0.3) is 0 Å². The van der Waals surface area contributed by atoms with Crippen molar-refractivity contribution < 1.29 is 8.78 Å². The van der Waals surface area contributed by atoms with Crippen LogP contribution in [-0.2, 0) is 0 Å². The van der Waals surface area contributed by atoms with Gasteiger partial charge in [0, 0.05) is 18.8 Å². The van der Waals surface area contributed by atoms with Crippen LogP contribution in [0.4, 0.5) is 20.2 Å². The summed E-state index contributed by atoms with van der Waals surface area (Å²) in [5.74, 6) is -0.625. The Morgan fingerprint density at radius 2 is 1.81 bits per heavy atom. The van der Waals surface area contributed by atoms with Crippen molar-refractivity contribution in [1.29, 1.82) is 0 Å². The molecule has 1 fully saturated rings. The van der Waals surface area contributed by atoms with Gasteiger partial charge in [0.25, 0.3) is 0 Å². The van der Waals surface area contributed by atoms with E-state index in [1.807, 2.05) is 6.92 Å². The number of nitrogens with zero attached hydrogens (tertiary/aromatic N) is 1. The minimum atomic E-state index is -0.674. The van der Waals surface area contributed by atoms with E-state index >= 15 is 0 Å². The van der Waals surface area contributed by atoms with Crippen molar-refractivity contribution in [2.24, 2.45) is 5.92 Å². The van der Waals surface area contributed by atoms with E-state index in [2.05, 4.69) is 46.7 Å². The Bertz CT molecular complexity index is 774. The molecular weight excluding hydrogens is 364 g/mol. The van der Waals surface area contributed by atoms with Crippen LogP contribution in [0.5, 0.6) is 0 Å². The molecular formula is C21H25F2N3S. The highest BCUT2D eigenvalue weighted by Crippen LogP contribution is 2.25. The van der Waals surface area contributed by atoms with E-state index in [0.717, 1.165) is 24.6 Å². The second-order valence-electron chi connectivity index (χ2n) is 7.20. The van der Waals surface area contributed by atoms with E-state index in [-0.39, 0.29) is 16.8 Å². The predicted molar refractivity (Wildman–Crippen MR) is 111 cm³/mol. The van der Waals surface area contributed by atoms with Gasteiger partial charge >= 0.3 is 0 Å². The molecule has 144 valence electrons. The SMILES string of the molecule is C[C@H]1CCCN(c2ccc([C@@H](C)NC(=S)Nc3c(F)cccc3F)cc2)C1. The molecule has 0 unspecified atom stereocenters. The van der Waals surface area contributed by atoms with Crippen LogP contribution in [0.2, 0.25) is 0 Å². The van der Waals surface area contributed by atoms with Crippen LogP contribution in [0.15, 0.2) is 42.5 Å². The molecule has 6 heteroatoms. The molecule has 3 nitrogen and oxygen atoms in total. The van der Waals surface area contributed by atoms with Crippen LogP contribution in [0, 0.1) is 17.6 Å². The lowest BCUT2D eigenvalue weighted by Gasteiger charge is -2.33. The monoisotopic (exact) mass is 389 g/mol. The van der Waals surface area contributed by atoms with Gasteiger partial charge in [-0.3, -0.25) is 0 Å². The Morgan fingerprint density at radius 3 is 2.44 bits per heavy atom. The topological polar surface area (TPSA) is 27.3 Å². The Morgan fingerprint density at radius 1 is 1.15 bits per heavy atom. The zero-order valence-electron chi connectivity index (χ0n) is 15.6. The van der Waals surface area contributed by atoms with Gasteiger partial charge < -0.3 is 15.5 Å². The highest BCUT2D eigenvalue weighted by molar-refractivity contribution is 7.80. The first-order valence-corrected chi connectivity index (χ1v) is 9.71. The summed E-state index contributed by atoms with van der Waals surface area (Å²) in [6.45, 7) is 6.44. The zero-order valence-corrected chi connectivity index (χ0v) is 16.5. The molecule has 2 atom stereocenters. The Labute approximate surface area is 164 Å². The quantitative estimate of drug-likeness (QED) is 0.699. The maximum atomic E-state index is 13.7. The Balaban J connectivity index is 1.60. The van der Waals surface area contributed by atoms with Crippen LogP contribution in [0.3, 0.4) is 0 Å². The van der Waals surface area contributed by atoms with Gasteiger partial charge in [-0.25, -0.2) is 8.78 Å². The number of nitrogens with one attached hydrogen (secondary N) is 2. The molecule has 1 aliphatic rings. The van der Waals surface area contributed by atoms with E-state index in [4.69, 9.17) is 12.2 Å². The summed E-state index contributed by atoms with van der Waals surface area (Å²) in [7, 11) is 0. The second kappa shape index (κ2) is 8.65. The van der Waals surface area contributed by atoms with E-state index in [1.54, 1.807) is 0 Å². The lowest BCUT2D eigenvalue weighted by molar-refractivity contribution is 0.447. The number of hydrogen-bond donors (Lipinski definition) is 2. The van der Waals surface area contributed by atoms with E-state index in [9.17, 15) is 8.78 Å². The molecule has 0 saturated carbocycles. The van der Waals surface area contributed by atoms with Gasteiger partial charge in [-0.2, -0.15) is 0 Å². The summed E-state index contributed by atoms with van der Waals surface area (Å²) in [5.41, 5.74) is 2.05. The van der Waals surface area contributed by atoms with Crippen LogP contribution < -0.4 is 15.5 Å². The smallest absolute Gasteiger partial charge is 0.171 e. The lowest BCUT2D eigenvalue weighted by Crippen LogP contribution is -2.34. The number of halogens is 2. The van der Waals surface area contributed by atoms with Gasteiger partial charge in [-0.1, -0.05) is 25.1 Å². The predicted octanol–water partition coefficient (Wildman–Crippen LogP) is 5.25. The van der Waals surface area contributed by atoms with Crippen LogP contribution >= 0.6 is 12.2 Å². The maximum Gasteiger partial charge on any atom is 0.171 e. The first kappa shape index (κ1) is 19.5. The molecule has 0 radical (unpaired) electrons. The largest absolute Gasteiger partial charge is 0.371 e. The van der Waals surface area contributed by atoms with E-state index in [0.29, 0.717) is 0 Å². The fourth-order valence-electron chi connectivity index (χ4n) is 3.44. The molecule has 1 heterocycles. The van der Waals surface area contributed by atoms with Gasteiger partial charge in [0.1, 0.15) is 17.3 Å². The van der Waals surface area contributed by atoms with Gasteiger partial charge in [0.15, 0.2) is 5.11 Å². The van der Waals surface area contributed by atoms with Crippen molar-refractivity contribution in [3.05, 3.63) is 59.7 Å². The zero-order chi connectivity index (χ0) is 19.4. The molecule has 2 aromatic rings. The molecule has 1 aliphatic heterocycles. The van der Waals surface area contributed by atoms with Crippen molar-refractivity contribution in [2.75, 3.05) is 23.3 Å². The molecule has 3 rings (SSSR count). The second-order valence-corrected chi connectivity index (χ2v) is 7.61. The summed E-state index contributed by atoms with van der Waals surface area (Å²) in [4.78, 5) is 2.42. The van der Waals surface area contributed by atoms with Gasteiger partial charge in [0.05, 0.1) is 6.04 Å². The molecule has 2 aromatic carbocycles. The molecule has 2 N–H and O–H groups in total. The molecule has 0 aliphatic carbocycles. The summed E-state index contributed by atoms with van der Waals surface area (Å²) < 4.78 is 27.5. The molecule has 0 amide bonds. The lowest BCUT2D eigenvalue weighted by atomic mass is 9.99. The molecule has 1 saturated heterocycles. The third kappa shape index (κ3) is 4.95.